The molecule has 0 radical (unpaired) electrons. The van der Waals surface area contributed by atoms with Gasteiger partial charge in [0, 0.05) is 43.2 Å². The van der Waals surface area contributed by atoms with Crippen molar-refractivity contribution >= 4 is 11.4 Å². The van der Waals surface area contributed by atoms with Gasteiger partial charge in [-0.05, 0) is 38.3 Å². The van der Waals surface area contributed by atoms with Gasteiger partial charge in [0.25, 0.3) is 0 Å². The molecule has 1 aliphatic rings. The number of nitrogens with zero attached hydrogens (tertiary/aromatic N) is 3. The third-order valence-electron chi connectivity index (χ3n) is 4.31. The van der Waals surface area contributed by atoms with E-state index in [1.54, 1.807) is 0 Å². The highest BCUT2D eigenvalue weighted by Crippen LogP contribution is 2.32. The Bertz CT molecular complexity index is 666. The second-order valence-electron chi connectivity index (χ2n) is 5.89. The first-order chi connectivity index (χ1) is 10.7. The highest BCUT2D eigenvalue weighted by atomic mass is 15.1. The van der Waals surface area contributed by atoms with E-state index in [4.69, 9.17) is 4.98 Å². The fourth-order valence-electron chi connectivity index (χ4n) is 3.12. The number of hydrogen-bond acceptors (Lipinski definition) is 4. The molecular formula is C18H24N4. The molecule has 1 aliphatic heterocycles. The number of rotatable bonds is 4. The lowest BCUT2D eigenvalue weighted by Gasteiger charge is -2.30. The Morgan fingerprint density at radius 2 is 2.09 bits per heavy atom. The van der Waals surface area contributed by atoms with Crippen molar-refractivity contribution in [2.24, 2.45) is 0 Å². The molecule has 3 rings (SSSR count). The lowest BCUT2D eigenvalue weighted by molar-refractivity contribution is 0.669. The molecule has 0 aromatic carbocycles. The van der Waals surface area contributed by atoms with Gasteiger partial charge in [-0.1, -0.05) is 6.92 Å². The molecule has 1 N–H and O–H groups in total. The minimum atomic E-state index is 1.03. The Morgan fingerprint density at radius 1 is 1.23 bits per heavy atom. The summed E-state index contributed by atoms with van der Waals surface area (Å²) in [6.07, 6.45) is 7.32. The van der Waals surface area contributed by atoms with Crippen LogP contribution < -0.4 is 10.2 Å². The second-order valence-corrected chi connectivity index (χ2v) is 5.89. The average molecular weight is 296 g/mol. The van der Waals surface area contributed by atoms with Gasteiger partial charge in [-0.2, -0.15) is 0 Å². The van der Waals surface area contributed by atoms with Gasteiger partial charge < -0.3 is 10.2 Å². The first-order valence-corrected chi connectivity index (χ1v) is 8.11. The SMILES string of the molecule is CCCN1CCCc2ncc(-c3cc(NC)cnc3C)cc21. The Labute approximate surface area is 132 Å². The third kappa shape index (κ3) is 2.78. The first-order valence-electron chi connectivity index (χ1n) is 8.11. The summed E-state index contributed by atoms with van der Waals surface area (Å²) >= 11 is 0. The Kier molecular flexibility index (Phi) is 4.27. The lowest BCUT2D eigenvalue weighted by atomic mass is 10.0. The maximum absolute atomic E-state index is 4.73. The van der Waals surface area contributed by atoms with Crippen LogP contribution in [0.15, 0.2) is 24.5 Å². The summed E-state index contributed by atoms with van der Waals surface area (Å²) in [4.78, 5) is 11.7. The first kappa shape index (κ1) is 14.8. The van der Waals surface area contributed by atoms with Crippen LogP contribution in [0, 0.1) is 6.92 Å². The molecule has 0 amide bonds. The van der Waals surface area contributed by atoms with Gasteiger partial charge in [-0.15, -0.1) is 0 Å². The molecule has 2 aromatic rings. The van der Waals surface area contributed by atoms with Crippen LogP contribution in [0.2, 0.25) is 0 Å². The molecule has 0 saturated carbocycles. The van der Waals surface area contributed by atoms with Crippen molar-refractivity contribution in [2.75, 3.05) is 30.4 Å². The van der Waals surface area contributed by atoms with Crippen LogP contribution in [-0.2, 0) is 6.42 Å². The number of hydrogen-bond donors (Lipinski definition) is 1. The minimum Gasteiger partial charge on any atom is -0.387 e. The number of aromatic nitrogens is 2. The summed E-state index contributed by atoms with van der Waals surface area (Å²) in [5.74, 6) is 0. The summed E-state index contributed by atoms with van der Waals surface area (Å²) in [6.45, 7) is 6.53. The van der Waals surface area contributed by atoms with Crippen molar-refractivity contribution in [1.29, 1.82) is 0 Å². The molecule has 2 aromatic heterocycles. The average Bonchev–Trinajstić information content (AvgIpc) is 2.55. The van der Waals surface area contributed by atoms with Gasteiger partial charge in [-0.3, -0.25) is 9.97 Å². The zero-order chi connectivity index (χ0) is 15.5. The summed E-state index contributed by atoms with van der Waals surface area (Å²) in [5.41, 5.74) is 6.93. The second kappa shape index (κ2) is 6.34. The predicted molar refractivity (Wildman–Crippen MR) is 92.6 cm³/mol. The molecule has 4 heteroatoms. The fourth-order valence-corrected chi connectivity index (χ4v) is 3.12. The van der Waals surface area contributed by atoms with Gasteiger partial charge in [0.05, 0.1) is 23.3 Å². The van der Waals surface area contributed by atoms with Crippen LogP contribution in [0.25, 0.3) is 11.1 Å². The van der Waals surface area contributed by atoms with Gasteiger partial charge >= 0.3 is 0 Å². The molecule has 0 saturated heterocycles. The monoisotopic (exact) mass is 296 g/mol. The molecule has 0 unspecified atom stereocenters. The zero-order valence-corrected chi connectivity index (χ0v) is 13.7. The van der Waals surface area contributed by atoms with Crippen molar-refractivity contribution in [3.63, 3.8) is 0 Å². The molecule has 22 heavy (non-hydrogen) atoms. The maximum Gasteiger partial charge on any atom is 0.0637 e. The molecular weight excluding hydrogens is 272 g/mol. The fraction of sp³-hybridized carbons (Fsp3) is 0.444. The van der Waals surface area contributed by atoms with E-state index in [1.807, 2.05) is 19.4 Å². The normalized spacial score (nSPS) is 13.9. The van der Waals surface area contributed by atoms with Crippen molar-refractivity contribution in [1.82, 2.24) is 9.97 Å². The van der Waals surface area contributed by atoms with E-state index in [0.717, 1.165) is 42.0 Å². The number of pyridine rings is 2. The van der Waals surface area contributed by atoms with E-state index in [0.29, 0.717) is 0 Å². The summed E-state index contributed by atoms with van der Waals surface area (Å²) in [6, 6.07) is 4.44. The number of anilines is 2. The van der Waals surface area contributed by atoms with Crippen LogP contribution in [0.4, 0.5) is 11.4 Å². The summed E-state index contributed by atoms with van der Waals surface area (Å²) in [7, 11) is 1.92. The van der Waals surface area contributed by atoms with E-state index in [1.165, 1.54) is 24.2 Å². The van der Waals surface area contributed by atoms with E-state index >= 15 is 0 Å². The van der Waals surface area contributed by atoms with E-state index in [-0.39, 0.29) is 0 Å². The molecule has 0 spiro atoms. The Morgan fingerprint density at radius 3 is 2.86 bits per heavy atom. The minimum absolute atomic E-state index is 1.03. The van der Waals surface area contributed by atoms with Gasteiger partial charge in [-0.25, -0.2) is 0 Å². The van der Waals surface area contributed by atoms with Crippen LogP contribution in [0.1, 0.15) is 31.2 Å². The highest BCUT2D eigenvalue weighted by molar-refractivity contribution is 5.73. The van der Waals surface area contributed by atoms with Crippen molar-refractivity contribution in [2.45, 2.75) is 33.1 Å². The quantitative estimate of drug-likeness (QED) is 0.935. The predicted octanol–water partition coefficient (Wildman–Crippen LogP) is 3.66. The number of aryl methyl sites for hydroxylation is 2. The number of nitrogens with one attached hydrogen (secondary N) is 1. The van der Waals surface area contributed by atoms with E-state index in [2.05, 4.69) is 41.2 Å². The molecule has 4 nitrogen and oxygen atoms in total. The van der Waals surface area contributed by atoms with Gasteiger partial charge in [0.2, 0.25) is 0 Å². The van der Waals surface area contributed by atoms with Crippen LogP contribution in [-0.4, -0.2) is 30.1 Å². The molecule has 0 atom stereocenters. The lowest BCUT2D eigenvalue weighted by Crippen LogP contribution is -2.30. The maximum atomic E-state index is 4.73. The zero-order valence-electron chi connectivity index (χ0n) is 13.7. The van der Waals surface area contributed by atoms with Crippen molar-refractivity contribution < 1.29 is 0 Å². The topological polar surface area (TPSA) is 41.1 Å². The highest BCUT2D eigenvalue weighted by Gasteiger charge is 2.18. The Hall–Kier alpha value is -2.10. The van der Waals surface area contributed by atoms with Crippen LogP contribution in [0.5, 0.6) is 0 Å². The van der Waals surface area contributed by atoms with Crippen molar-refractivity contribution in [3.8, 4) is 11.1 Å². The van der Waals surface area contributed by atoms with Gasteiger partial charge in [0.15, 0.2) is 0 Å². The molecule has 0 aliphatic carbocycles. The third-order valence-corrected chi connectivity index (χ3v) is 4.31. The molecule has 0 bridgehead atoms. The molecule has 0 fully saturated rings. The molecule has 3 heterocycles. The standard InChI is InChI=1S/C18H24N4/c1-4-7-22-8-5-6-17-18(22)9-14(11-21-17)16-10-15(19-3)12-20-13(16)2/h9-12,19H,4-8H2,1-3H3. The van der Waals surface area contributed by atoms with E-state index < -0.39 is 0 Å². The summed E-state index contributed by atoms with van der Waals surface area (Å²) in [5, 5.41) is 3.16. The van der Waals surface area contributed by atoms with Crippen LogP contribution in [0.3, 0.4) is 0 Å². The molecule has 116 valence electrons. The number of fused-ring (bicyclic) bond motifs is 1. The Balaban J connectivity index is 2.04. The van der Waals surface area contributed by atoms with Gasteiger partial charge in [0.1, 0.15) is 0 Å². The van der Waals surface area contributed by atoms with Crippen molar-refractivity contribution in [3.05, 3.63) is 35.9 Å². The summed E-state index contributed by atoms with van der Waals surface area (Å²) < 4.78 is 0. The van der Waals surface area contributed by atoms with Crippen LogP contribution >= 0.6 is 0 Å². The largest absolute Gasteiger partial charge is 0.387 e. The smallest absolute Gasteiger partial charge is 0.0637 e. The van der Waals surface area contributed by atoms with E-state index in [9.17, 15) is 0 Å².